The first kappa shape index (κ1) is 13.3. The van der Waals surface area contributed by atoms with Crippen molar-refractivity contribution < 1.29 is 9.90 Å². The number of rotatable bonds is 4. The summed E-state index contributed by atoms with van der Waals surface area (Å²) in [5.74, 6) is -0.0936. The number of aliphatic hydroxyl groups is 1. The van der Waals surface area contributed by atoms with Gasteiger partial charge in [-0.15, -0.1) is 0 Å². The van der Waals surface area contributed by atoms with Crippen LogP contribution >= 0.6 is 0 Å². The lowest BCUT2D eigenvalue weighted by atomic mass is 10.1. The van der Waals surface area contributed by atoms with Crippen LogP contribution in [0, 0.1) is 6.92 Å². The van der Waals surface area contributed by atoms with Crippen LogP contribution in [0.5, 0.6) is 0 Å². The third kappa shape index (κ3) is 3.01. The molecule has 0 aliphatic rings. The number of carbonyl (C=O) groups excluding carboxylic acids is 1. The van der Waals surface area contributed by atoms with E-state index in [2.05, 4.69) is 0 Å². The van der Waals surface area contributed by atoms with Crippen LogP contribution in [-0.2, 0) is 0 Å². The van der Waals surface area contributed by atoms with Gasteiger partial charge in [0, 0.05) is 17.8 Å². The van der Waals surface area contributed by atoms with Crippen LogP contribution in [0.2, 0.25) is 0 Å². The molecule has 19 heavy (non-hydrogen) atoms. The summed E-state index contributed by atoms with van der Waals surface area (Å²) in [5, 5.41) is 9.19. The Kier molecular flexibility index (Phi) is 4.31. The highest BCUT2D eigenvalue weighted by Crippen LogP contribution is 2.21. The zero-order chi connectivity index (χ0) is 13.7. The number of para-hydroxylation sites is 1. The van der Waals surface area contributed by atoms with Gasteiger partial charge < -0.3 is 10.0 Å². The molecular weight excluding hydrogens is 238 g/mol. The molecule has 1 amide bonds. The molecule has 0 aromatic heterocycles. The third-order valence-electron chi connectivity index (χ3n) is 3.00. The van der Waals surface area contributed by atoms with Crippen molar-refractivity contribution in [2.45, 2.75) is 6.92 Å². The number of benzene rings is 2. The molecule has 0 bridgehead atoms. The molecule has 1 N–H and O–H groups in total. The van der Waals surface area contributed by atoms with Gasteiger partial charge in [-0.25, -0.2) is 0 Å². The number of amides is 1. The van der Waals surface area contributed by atoms with Crippen LogP contribution in [0.4, 0.5) is 5.69 Å². The van der Waals surface area contributed by atoms with E-state index in [-0.39, 0.29) is 12.5 Å². The fraction of sp³-hybridized carbons (Fsp3) is 0.188. The van der Waals surface area contributed by atoms with Crippen LogP contribution in [0.3, 0.4) is 0 Å². The first-order chi connectivity index (χ1) is 9.24. The molecule has 0 aliphatic heterocycles. The van der Waals surface area contributed by atoms with E-state index in [4.69, 9.17) is 0 Å². The molecule has 2 aromatic rings. The van der Waals surface area contributed by atoms with E-state index >= 15 is 0 Å². The van der Waals surface area contributed by atoms with E-state index in [1.807, 2.05) is 49.4 Å². The predicted molar refractivity (Wildman–Crippen MR) is 76.4 cm³/mol. The zero-order valence-electron chi connectivity index (χ0n) is 10.9. The Morgan fingerprint density at radius 1 is 1.05 bits per heavy atom. The van der Waals surface area contributed by atoms with Crippen LogP contribution in [0.15, 0.2) is 54.6 Å². The molecule has 0 saturated heterocycles. The van der Waals surface area contributed by atoms with E-state index < -0.39 is 0 Å². The minimum absolute atomic E-state index is 0.0626. The molecule has 2 rings (SSSR count). The molecule has 98 valence electrons. The van der Waals surface area contributed by atoms with E-state index in [1.165, 1.54) is 0 Å². The molecule has 0 unspecified atom stereocenters. The molecule has 0 spiro atoms. The minimum Gasteiger partial charge on any atom is -0.395 e. The minimum atomic E-state index is -0.0936. The summed E-state index contributed by atoms with van der Waals surface area (Å²) in [6, 6.07) is 16.8. The topological polar surface area (TPSA) is 40.5 Å². The van der Waals surface area contributed by atoms with Gasteiger partial charge in [0.15, 0.2) is 0 Å². The van der Waals surface area contributed by atoms with Crippen molar-refractivity contribution in [2.75, 3.05) is 18.1 Å². The van der Waals surface area contributed by atoms with E-state index in [0.717, 1.165) is 11.3 Å². The second-order valence-corrected chi connectivity index (χ2v) is 4.33. The largest absolute Gasteiger partial charge is 0.395 e. The standard InChI is InChI=1S/C16H17NO2/c1-13-7-5-6-10-15(13)17(11-12-18)16(19)14-8-3-2-4-9-14/h2-10,18H,11-12H2,1H3. The fourth-order valence-electron chi connectivity index (χ4n) is 2.03. The van der Waals surface area contributed by atoms with Crippen molar-refractivity contribution in [1.82, 2.24) is 0 Å². The van der Waals surface area contributed by atoms with Gasteiger partial charge in [-0.3, -0.25) is 4.79 Å². The number of aryl methyl sites for hydroxylation is 1. The molecule has 0 saturated carbocycles. The van der Waals surface area contributed by atoms with Gasteiger partial charge in [-0.2, -0.15) is 0 Å². The molecule has 2 aromatic carbocycles. The normalized spacial score (nSPS) is 10.2. The fourth-order valence-corrected chi connectivity index (χ4v) is 2.03. The molecule has 0 fully saturated rings. The zero-order valence-corrected chi connectivity index (χ0v) is 10.9. The number of aliphatic hydroxyl groups excluding tert-OH is 1. The highest BCUT2D eigenvalue weighted by molar-refractivity contribution is 6.06. The maximum absolute atomic E-state index is 12.5. The SMILES string of the molecule is Cc1ccccc1N(CCO)C(=O)c1ccccc1. The average Bonchev–Trinajstić information content (AvgIpc) is 2.46. The summed E-state index contributed by atoms with van der Waals surface area (Å²) in [7, 11) is 0. The molecule has 0 aliphatic carbocycles. The lowest BCUT2D eigenvalue weighted by molar-refractivity contribution is 0.0981. The Morgan fingerprint density at radius 3 is 2.32 bits per heavy atom. The number of hydrogen-bond acceptors (Lipinski definition) is 2. The summed E-state index contributed by atoms with van der Waals surface area (Å²) in [5.41, 5.74) is 2.48. The van der Waals surface area contributed by atoms with Crippen molar-refractivity contribution in [3.05, 3.63) is 65.7 Å². The van der Waals surface area contributed by atoms with E-state index in [9.17, 15) is 9.90 Å². The monoisotopic (exact) mass is 255 g/mol. The third-order valence-corrected chi connectivity index (χ3v) is 3.00. The van der Waals surface area contributed by atoms with Crippen molar-refractivity contribution in [2.24, 2.45) is 0 Å². The molecule has 3 nitrogen and oxygen atoms in total. The quantitative estimate of drug-likeness (QED) is 0.912. The van der Waals surface area contributed by atoms with Gasteiger partial charge in [0.05, 0.1) is 6.61 Å². The van der Waals surface area contributed by atoms with Gasteiger partial charge in [0.2, 0.25) is 0 Å². The highest BCUT2D eigenvalue weighted by atomic mass is 16.3. The predicted octanol–water partition coefficient (Wildman–Crippen LogP) is 2.63. The Morgan fingerprint density at radius 2 is 1.68 bits per heavy atom. The number of nitrogens with zero attached hydrogens (tertiary/aromatic N) is 1. The van der Waals surface area contributed by atoms with Crippen LogP contribution in [-0.4, -0.2) is 24.2 Å². The smallest absolute Gasteiger partial charge is 0.258 e. The molecule has 0 heterocycles. The van der Waals surface area contributed by atoms with Crippen molar-refractivity contribution >= 4 is 11.6 Å². The summed E-state index contributed by atoms with van der Waals surface area (Å²) >= 11 is 0. The van der Waals surface area contributed by atoms with Crippen LogP contribution in [0.1, 0.15) is 15.9 Å². The molecule has 0 radical (unpaired) electrons. The summed E-state index contributed by atoms with van der Waals surface area (Å²) < 4.78 is 0. The maximum Gasteiger partial charge on any atom is 0.258 e. The van der Waals surface area contributed by atoms with Crippen molar-refractivity contribution in [1.29, 1.82) is 0 Å². The Labute approximate surface area is 113 Å². The van der Waals surface area contributed by atoms with Gasteiger partial charge in [0.25, 0.3) is 5.91 Å². The molecule has 3 heteroatoms. The lowest BCUT2D eigenvalue weighted by Crippen LogP contribution is -2.34. The van der Waals surface area contributed by atoms with Crippen LogP contribution in [0.25, 0.3) is 0 Å². The van der Waals surface area contributed by atoms with E-state index in [1.54, 1.807) is 17.0 Å². The lowest BCUT2D eigenvalue weighted by Gasteiger charge is -2.23. The summed E-state index contributed by atoms with van der Waals surface area (Å²) in [6.07, 6.45) is 0. The van der Waals surface area contributed by atoms with Gasteiger partial charge >= 0.3 is 0 Å². The summed E-state index contributed by atoms with van der Waals surface area (Å²) in [4.78, 5) is 14.1. The Bertz CT molecular complexity index is 552. The second kappa shape index (κ2) is 6.16. The Balaban J connectivity index is 2.36. The number of hydrogen-bond donors (Lipinski definition) is 1. The highest BCUT2D eigenvalue weighted by Gasteiger charge is 2.18. The van der Waals surface area contributed by atoms with Crippen molar-refractivity contribution in [3.63, 3.8) is 0 Å². The maximum atomic E-state index is 12.5. The van der Waals surface area contributed by atoms with Gasteiger partial charge in [0.1, 0.15) is 0 Å². The van der Waals surface area contributed by atoms with Crippen molar-refractivity contribution in [3.8, 4) is 0 Å². The summed E-state index contributed by atoms with van der Waals surface area (Å²) in [6.45, 7) is 2.18. The average molecular weight is 255 g/mol. The molecule has 0 atom stereocenters. The number of carbonyl (C=O) groups is 1. The van der Waals surface area contributed by atoms with Gasteiger partial charge in [-0.05, 0) is 30.7 Å². The van der Waals surface area contributed by atoms with Crippen LogP contribution < -0.4 is 4.90 Å². The Hall–Kier alpha value is -2.13. The number of anilines is 1. The van der Waals surface area contributed by atoms with E-state index in [0.29, 0.717) is 12.1 Å². The molecular formula is C16H17NO2. The second-order valence-electron chi connectivity index (χ2n) is 4.33. The van der Waals surface area contributed by atoms with Gasteiger partial charge in [-0.1, -0.05) is 36.4 Å². The first-order valence-electron chi connectivity index (χ1n) is 6.27. The first-order valence-corrected chi connectivity index (χ1v) is 6.27.